The Balaban J connectivity index is 2.90. The third kappa shape index (κ3) is 2.70. The van der Waals surface area contributed by atoms with Crippen molar-refractivity contribution in [3.63, 3.8) is 0 Å². The fraction of sp³-hybridized carbons (Fsp3) is 0.500. The zero-order chi connectivity index (χ0) is 12.1. The first kappa shape index (κ1) is 12.5. The zero-order valence-electron chi connectivity index (χ0n) is 9.23. The number of anilines is 1. The molecular formula is C10H13N3O2S. The third-order valence-corrected chi connectivity index (χ3v) is 3.33. The van der Waals surface area contributed by atoms with Gasteiger partial charge in [-0.15, -0.1) is 0 Å². The van der Waals surface area contributed by atoms with E-state index in [-0.39, 0.29) is 4.88 Å². The van der Waals surface area contributed by atoms with Crippen LogP contribution >= 0.6 is 11.3 Å². The van der Waals surface area contributed by atoms with E-state index in [1.54, 1.807) is 6.92 Å². The molecule has 1 aromatic heterocycles. The summed E-state index contributed by atoms with van der Waals surface area (Å²) in [6, 6.07) is 2.07. The largest absolute Gasteiger partial charge is 0.477 e. The molecule has 16 heavy (non-hydrogen) atoms. The average molecular weight is 239 g/mol. The third-order valence-electron chi connectivity index (χ3n) is 2.13. The van der Waals surface area contributed by atoms with Gasteiger partial charge in [0.05, 0.1) is 18.2 Å². The van der Waals surface area contributed by atoms with Gasteiger partial charge in [0.15, 0.2) is 5.13 Å². The first-order valence-corrected chi connectivity index (χ1v) is 5.74. The second-order valence-corrected chi connectivity index (χ2v) is 4.18. The summed E-state index contributed by atoms with van der Waals surface area (Å²) in [6.45, 7) is 4.93. The van der Waals surface area contributed by atoms with Gasteiger partial charge in [0.1, 0.15) is 4.88 Å². The molecule has 5 nitrogen and oxygen atoms in total. The summed E-state index contributed by atoms with van der Waals surface area (Å²) in [5, 5.41) is 18.1. The van der Waals surface area contributed by atoms with Crippen molar-refractivity contribution in [2.24, 2.45) is 0 Å². The molecule has 0 aliphatic carbocycles. The minimum atomic E-state index is -0.947. The Hall–Kier alpha value is -1.61. The Kier molecular flexibility index (Phi) is 4.26. The van der Waals surface area contributed by atoms with Crippen molar-refractivity contribution in [2.75, 3.05) is 18.0 Å². The summed E-state index contributed by atoms with van der Waals surface area (Å²) in [7, 11) is 0. The van der Waals surface area contributed by atoms with Crippen LogP contribution in [0.3, 0.4) is 0 Å². The number of hydrogen-bond acceptors (Lipinski definition) is 5. The van der Waals surface area contributed by atoms with E-state index >= 15 is 0 Å². The molecule has 6 heteroatoms. The molecule has 0 aliphatic rings. The van der Waals surface area contributed by atoms with Gasteiger partial charge in [-0.25, -0.2) is 9.78 Å². The van der Waals surface area contributed by atoms with Crippen LogP contribution in [0.25, 0.3) is 0 Å². The molecule has 0 saturated heterocycles. The lowest BCUT2D eigenvalue weighted by atomic mass is 10.4. The van der Waals surface area contributed by atoms with E-state index in [1.807, 2.05) is 11.8 Å². The first-order chi connectivity index (χ1) is 7.60. The highest BCUT2D eigenvalue weighted by atomic mass is 32.1. The maximum atomic E-state index is 10.9. The molecule has 0 radical (unpaired) electrons. The van der Waals surface area contributed by atoms with Crippen LogP contribution in [0.1, 0.15) is 28.7 Å². The molecule has 0 unspecified atom stereocenters. The van der Waals surface area contributed by atoms with Gasteiger partial charge in [-0.3, -0.25) is 0 Å². The van der Waals surface area contributed by atoms with Crippen LogP contribution in [-0.4, -0.2) is 29.1 Å². The van der Waals surface area contributed by atoms with Crippen LogP contribution < -0.4 is 4.90 Å². The summed E-state index contributed by atoms with van der Waals surface area (Å²) in [6.07, 6.45) is 0.412. The monoisotopic (exact) mass is 239 g/mol. The lowest BCUT2D eigenvalue weighted by Gasteiger charge is -2.17. The maximum Gasteiger partial charge on any atom is 0.347 e. The molecule has 1 N–H and O–H groups in total. The van der Waals surface area contributed by atoms with Crippen LogP contribution in [0, 0.1) is 18.3 Å². The summed E-state index contributed by atoms with van der Waals surface area (Å²) in [5.41, 5.74) is 0.530. The number of hydrogen-bond donors (Lipinski definition) is 1. The van der Waals surface area contributed by atoms with Crippen molar-refractivity contribution in [3.05, 3.63) is 10.6 Å². The van der Waals surface area contributed by atoms with Gasteiger partial charge in [0.2, 0.25) is 0 Å². The topological polar surface area (TPSA) is 77.2 Å². The lowest BCUT2D eigenvalue weighted by Crippen LogP contribution is -2.23. The average Bonchev–Trinajstić information content (AvgIpc) is 2.62. The zero-order valence-corrected chi connectivity index (χ0v) is 10.0. The summed E-state index contributed by atoms with van der Waals surface area (Å²) in [4.78, 5) is 17.2. The van der Waals surface area contributed by atoms with Gasteiger partial charge in [0.25, 0.3) is 0 Å². The summed E-state index contributed by atoms with van der Waals surface area (Å²) in [5.74, 6) is -0.947. The van der Waals surface area contributed by atoms with E-state index in [2.05, 4.69) is 11.1 Å². The summed E-state index contributed by atoms with van der Waals surface area (Å²) < 4.78 is 0. The van der Waals surface area contributed by atoms with E-state index < -0.39 is 5.97 Å². The van der Waals surface area contributed by atoms with E-state index in [0.29, 0.717) is 30.3 Å². The van der Waals surface area contributed by atoms with Crippen LogP contribution in [0.4, 0.5) is 5.13 Å². The molecule has 1 rings (SSSR count). The Morgan fingerprint density at radius 1 is 1.69 bits per heavy atom. The highest BCUT2D eigenvalue weighted by Gasteiger charge is 2.16. The van der Waals surface area contributed by atoms with Crippen molar-refractivity contribution >= 4 is 22.4 Å². The molecule has 1 heterocycles. The smallest absolute Gasteiger partial charge is 0.347 e. The molecule has 1 aromatic rings. The van der Waals surface area contributed by atoms with Crippen LogP contribution in [0.2, 0.25) is 0 Å². The number of carboxylic acid groups (broad SMARTS) is 1. The predicted octanol–water partition coefficient (Wildman–Crippen LogP) is 1.89. The fourth-order valence-corrected chi connectivity index (χ4v) is 2.29. The van der Waals surface area contributed by atoms with Gasteiger partial charge in [-0.1, -0.05) is 11.3 Å². The van der Waals surface area contributed by atoms with Gasteiger partial charge >= 0.3 is 5.97 Å². The lowest BCUT2D eigenvalue weighted by molar-refractivity contribution is 0.0701. The summed E-state index contributed by atoms with van der Waals surface area (Å²) >= 11 is 1.16. The van der Waals surface area contributed by atoms with Crippen LogP contribution in [-0.2, 0) is 0 Å². The molecule has 0 spiro atoms. The fourth-order valence-electron chi connectivity index (χ4n) is 1.29. The number of carbonyl (C=O) groups is 1. The Labute approximate surface area is 98.0 Å². The van der Waals surface area contributed by atoms with Gasteiger partial charge in [0, 0.05) is 13.1 Å². The highest BCUT2D eigenvalue weighted by Crippen LogP contribution is 2.25. The number of carboxylic acids is 1. The van der Waals surface area contributed by atoms with Gasteiger partial charge in [-0.05, 0) is 13.8 Å². The Morgan fingerprint density at radius 3 is 2.81 bits per heavy atom. The molecule has 0 aromatic carbocycles. The quantitative estimate of drug-likeness (QED) is 0.849. The van der Waals surface area contributed by atoms with E-state index in [0.717, 1.165) is 11.3 Å². The second-order valence-electron chi connectivity index (χ2n) is 3.20. The number of aryl methyl sites for hydroxylation is 1. The predicted molar refractivity (Wildman–Crippen MR) is 61.9 cm³/mol. The van der Waals surface area contributed by atoms with E-state index in [9.17, 15) is 4.79 Å². The Bertz CT molecular complexity index is 422. The molecule has 0 fully saturated rings. The molecule has 86 valence electrons. The minimum absolute atomic E-state index is 0.269. The normalized spacial score (nSPS) is 9.81. The van der Waals surface area contributed by atoms with Crippen molar-refractivity contribution in [2.45, 2.75) is 20.3 Å². The van der Waals surface area contributed by atoms with Crippen molar-refractivity contribution < 1.29 is 9.90 Å². The molecule has 0 aliphatic heterocycles. The molecular weight excluding hydrogens is 226 g/mol. The molecule has 0 amide bonds. The number of nitrogens with zero attached hydrogens (tertiary/aromatic N) is 3. The first-order valence-electron chi connectivity index (χ1n) is 4.92. The molecule has 0 saturated carbocycles. The SMILES string of the molecule is CCN(CCC#N)c1nc(C)c(C(=O)O)s1. The van der Waals surface area contributed by atoms with Gasteiger partial charge < -0.3 is 10.0 Å². The van der Waals surface area contributed by atoms with Crippen molar-refractivity contribution in [1.29, 1.82) is 5.26 Å². The number of rotatable bonds is 5. The second kappa shape index (κ2) is 5.47. The standard InChI is InChI=1S/C10H13N3O2S/c1-3-13(6-4-5-11)10-12-7(2)8(16-10)9(14)15/h3-4,6H2,1-2H3,(H,14,15). The molecule has 0 bridgehead atoms. The highest BCUT2D eigenvalue weighted by molar-refractivity contribution is 7.17. The number of nitriles is 1. The minimum Gasteiger partial charge on any atom is -0.477 e. The number of aromatic nitrogens is 1. The molecule has 0 atom stereocenters. The maximum absolute atomic E-state index is 10.9. The number of thiazole rings is 1. The van der Waals surface area contributed by atoms with Gasteiger partial charge in [-0.2, -0.15) is 5.26 Å². The van der Waals surface area contributed by atoms with Crippen molar-refractivity contribution in [1.82, 2.24) is 4.98 Å². The number of aromatic carboxylic acids is 1. The Morgan fingerprint density at radius 2 is 2.38 bits per heavy atom. The van der Waals surface area contributed by atoms with Crippen LogP contribution in [0.15, 0.2) is 0 Å². The van der Waals surface area contributed by atoms with E-state index in [4.69, 9.17) is 10.4 Å². The van der Waals surface area contributed by atoms with E-state index in [1.165, 1.54) is 0 Å². The van der Waals surface area contributed by atoms with Crippen molar-refractivity contribution in [3.8, 4) is 6.07 Å². The van der Waals surface area contributed by atoms with Crippen LogP contribution in [0.5, 0.6) is 0 Å².